The van der Waals surface area contributed by atoms with E-state index in [4.69, 9.17) is 11.6 Å². The highest BCUT2D eigenvalue weighted by molar-refractivity contribution is 9.10. The van der Waals surface area contributed by atoms with Crippen LogP contribution in [0.15, 0.2) is 27.6 Å². The van der Waals surface area contributed by atoms with Gasteiger partial charge in [0.1, 0.15) is 0 Å². The van der Waals surface area contributed by atoms with Crippen molar-refractivity contribution in [3.8, 4) is 0 Å². The summed E-state index contributed by atoms with van der Waals surface area (Å²) in [5, 5.41) is 3.83. The normalized spacial score (nSPS) is 20.0. The quantitative estimate of drug-likeness (QED) is 0.824. The Kier molecular flexibility index (Phi) is 5.86. The highest BCUT2D eigenvalue weighted by atomic mass is 79.9. The van der Waals surface area contributed by atoms with Crippen molar-refractivity contribution in [2.45, 2.75) is 24.2 Å². The highest BCUT2D eigenvalue weighted by Crippen LogP contribution is 2.25. The number of benzene rings is 1. The van der Waals surface area contributed by atoms with Gasteiger partial charge >= 0.3 is 0 Å². The van der Waals surface area contributed by atoms with Crippen LogP contribution in [0.3, 0.4) is 0 Å². The molecule has 0 bridgehead atoms. The minimum atomic E-state index is -3.46. The largest absolute Gasteiger partial charge is 0.316 e. The lowest BCUT2D eigenvalue weighted by Gasteiger charge is -2.22. The van der Waals surface area contributed by atoms with Gasteiger partial charge in [-0.15, -0.1) is 0 Å². The van der Waals surface area contributed by atoms with Gasteiger partial charge in [-0.25, -0.2) is 13.1 Å². The molecule has 4 nitrogen and oxygen atoms in total. The zero-order valence-electron chi connectivity index (χ0n) is 11.0. The van der Waals surface area contributed by atoms with E-state index in [-0.39, 0.29) is 4.90 Å². The van der Waals surface area contributed by atoms with Crippen LogP contribution in [-0.2, 0) is 10.0 Å². The molecular weight excluding hydrogens is 364 g/mol. The van der Waals surface area contributed by atoms with E-state index in [9.17, 15) is 8.42 Å². The van der Waals surface area contributed by atoms with E-state index in [1.54, 1.807) is 6.07 Å². The lowest BCUT2D eigenvalue weighted by atomic mass is 9.96. The van der Waals surface area contributed by atoms with Crippen LogP contribution in [-0.4, -0.2) is 28.1 Å². The predicted molar refractivity (Wildman–Crippen MR) is 84.6 cm³/mol. The number of halogens is 2. The van der Waals surface area contributed by atoms with Gasteiger partial charge in [-0.2, -0.15) is 0 Å². The average Bonchev–Trinajstić information content (AvgIpc) is 2.43. The van der Waals surface area contributed by atoms with E-state index in [1.807, 2.05) is 0 Å². The van der Waals surface area contributed by atoms with E-state index in [2.05, 4.69) is 26.0 Å². The van der Waals surface area contributed by atoms with Gasteiger partial charge in [-0.3, -0.25) is 0 Å². The van der Waals surface area contributed by atoms with Gasteiger partial charge in [-0.05, 0) is 72.4 Å². The summed E-state index contributed by atoms with van der Waals surface area (Å²) in [6.45, 7) is 2.52. The smallest absolute Gasteiger partial charge is 0.240 e. The molecule has 20 heavy (non-hydrogen) atoms. The van der Waals surface area contributed by atoms with Crippen LogP contribution >= 0.6 is 27.5 Å². The molecule has 1 aliphatic rings. The van der Waals surface area contributed by atoms with Crippen molar-refractivity contribution >= 4 is 37.6 Å². The maximum atomic E-state index is 12.1. The van der Waals surface area contributed by atoms with Gasteiger partial charge in [0.05, 0.1) is 9.92 Å². The lowest BCUT2D eigenvalue weighted by Crippen LogP contribution is -2.33. The maximum Gasteiger partial charge on any atom is 0.240 e. The second-order valence-electron chi connectivity index (χ2n) is 4.97. The lowest BCUT2D eigenvalue weighted by molar-refractivity contribution is 0.358. The summed E-state index contributed by atoms with van der Waals surface area (Å²) in [7, 11) is -3.46. The SMILES string of the molecule is O=S(=O)(NCCC1CCCNC1)c1ccc(Cl)c(Br)c1. The summed E-state index contributed by atoms with van der Waals surface area (Å²) in [5.41, 5.74) is 0. The van der Waals surface area contributed by atoms with E-state index in [0.717, 1.165) is 19.5 Å². The molecule has 2 N–H and O–H groups in total. The monoisotopic (exact) mass is 380 g/mol. The van der Waals surface area contributed by atoms with Crippen molar-refractivity contribution in [3.05, 3.63) is 27.7 Å². The van der Waals surface area contributed by atoms with Gasteiger partial charge in [0.25, 0.3) is 0 Å². The summed E-state index contributed by atoms with van der Waals surface area (Å²) >= 11 is 9.10. The van der Waals surface area contributed by atoms with Gasteiger partial charge in [0.15, 0.2) is 0 Å². The molecule has 0 saturated carbocycles. The van der Waals surface area contributed by atoms with Crippen molar-refractivity contribution in [2.24, 2.45) is 5.92 Å². The summed E-state index contributed by atoms with van der Waals surface area (Å²) in [6, 6.07) is 4.61. The molecule has 1 aliphatic heterocycles. The standard InChI is InChI=1S/C13H18BrClN2O2S/c14-12-8-11(3-4-13(12)15)20(18,19)17-7-5-10-2-1-6-16-9-10/h3-4,8,10,16-17H,1-2,5-7,9H2. The van der Waals surface area contributed by atoms with Crippen LogP contribution < -0.4 is 10.0 Å². The van der Waals surface area contributed by atoms with Crippen LogP contribution in [0.4, 0.5) is 0 Å². The number of rotatable bonds is 5. The number of sulfonamides is 1. The van der Waals surface area contributed by atoms with E-state index in [0.29, 0.717) is 22.0 Å². The zero-order chi connectivity index (χ0) is 14.6. The van der Waals surface area contributed by atoms with Crippen LogP contribution in [0.2, 0.25) is 5.02 Å². The zero-order valence-corrected chi connectivity index (χ0v) is 14.2. The molecule has 1 fully saturated rings. The maximum absolute atomic E-state index is 12.1. The Morgan fingerprint density at radius 1 is 1.45 bits per heavy atom. The first-order valence-electron chi connectivity index (χ1n) is 6.64. The van der Waals surface area contributed by atoms with E-state index in [1.165, 1.54) is 25.0 Å². The summed E-state index contributed by atoms with van der Waals surface area (Å²) < 4.78 is 27.5. The number of hydrogen-bond donors (Lipinski definition) is 2. The topological polar surface area (TPSA) is 58.2 Å². The molecular formula is C13H18BrClN2O2S. The molecule has 112 valence electrons. The van der Waals surface area contributed by atoms with Crippen molar-refractivity contribution in [3.63, 3.8) is 0 Å². The van der Waals surface area contributed by atoms with Gasteiger partial charge < -0.3 is 5.32 Å². The van der Waals surface area contributed by atoms with Crippen LogP contribution in [0.25, 0.3) is 0 Å². The minimum Gasteiger partial charge on any atom is -0.316 e. The minimum absolute atomic E-state index is 0.232. The third-order valence-corrected chi connectivity index (χ3v) is 6.12. The summed E-state index contributed by atoms with van der Waals surface area (Å²) in [4.78, 5) is 0.232. The number of nitrogens with one attached hydrogen (secondary N) is 2. The van der Waals surface area contributed by atoms with Crippen molar-refractivity contribution in [1.29, 1.82) is 0 Å². The molecule has 7 heteroatoms. The molecule has 1 atom stereocenters. The first-order chi connectivity index (χ1) is 9.49. The molecule has 0 radical (unpaired) electrons. The van der Waals surface area contributed by atoms with Crippen LogP contribution in [0, 0.1) is 5.92 Å². The Hall–Kier alpha value is -0.140. The Morgan fingerprint density at radius 2 is 2.25 bits per heavy atom. The number of hydrogen-bond acceptors (Lipinski definition) is 3. The van der Waals surface area contributed by atoms with E-state index < -0.39 is 10.0 Å². The highest BCUT2D eigenvalue weighted by Gasteiger charge is 2.17. The summed E-state index contributed by atoms with van der Waals surface area (Å²) in [6.07, 6.45) is 3.20. The first kappa shape index (κ1) is 16.2. The molecule has 0 spiro atoms. The Balaban J connectivity index is 1.91. The van der Waals surface area contributed by atoms with Crippen LogP contribution in [0.5, 0.6) is 0 Å². The van der Waals surface area contributed by atoms with Gasteiger partial charge in [0, 0.05) is 11.0 Å². The molecule has 0 amide bonds. The summed E-state index contributed by atoms with van der Waals surface area (Å²) in [5.74, 6) is 0.559. The predicted octanol–water partition coefficient (Wildman–Crippen LogP) is 2.77. The molecule has 0 aliphatic carbocycles. The first-order valence-corrected chi connectivity index (χ1v) is 9.30. The molecule has 1 aromatic carbocycles. The van der Waals surface area contributed by atoms with Crippen molar-refractivity contribution in [2.75, 3.05) is 19.6 Å². The fraction of sp³-hybridized carbons (Fsp3) is 0.538. The Morgan fingerprint density at radius 3 is 2.90 bits per heavy atom. The van der Waals surface area contributed by atoms with E-state index >= 15 is 0 Å². The second-order valence-corrected chi connectivity index (χ2v) is 8.00. The molecule has 1 heterocycles. The fourth-order valence-electron chi connectivity index (χ4n) is 2.30. The Labute approximate surface area is 133 Å². The van der Waals surface area contributed by atoms with Gasteiger partial charge in [-0.1, -0.05) is 11.6 Å². The third kappa shape index (κ3) is 4.43. The molecule has 1 aromatic rings. The fourth-order valence-corrected chi connectivity index (χ4v) is 4.02. The van der Waals surface area contributed by atoms with Crippen LogP contribution in [0.1, 0.15) is 19.3 Å². The molecule has 2 rings (SSSR count). The second kappa shape index (κ2) is 7.22. The molecule has 1 unspecified atom stereocenters. The third-order valence-electron chi connectivity index (χ3n) is 3.44. The number of piperidine rings is 1. The van der Waals surface area contributed by atoms with Gasteiger partial charge in [0.2, 0.25) is 10.0 Å². The average molecular weight is 382 g/mol. The Bertz CT molecular complexity index is 559. The molecule has 1 saturated heterocycles. The van der Waals surface area contributed by atoms with Crippen molar-refractivity contribution in [1.82, 2.24) is 10.0 Å². The van der Waals surface area contributed by atoms with Crippen molar-refractivity contribution < 1.29 is 8.42 Å². The molecule has 0 aromatic heterocycles.